The van der Waals surface area contributed by atoms with Crippen molar-refractivity contribution in [1.82, 2.24) is 14.8 Å². The zero-order chi connectivity index (χ0) is 17.8. The van der Waals surface area contributed by atoms with E-state index in [1.807, 2.05) is 6.07 Å². The lowest BCUT2D eigenvalue weighted by Gasteiger charge is -2.36. The second-order valence-electron chi connectivity index (χ2n) is 6.59. The predicted octanol–water partition coefficient (Wildman–Crippen LogP) is 3.31. The van der Waals surface area contributed by atoms with Crippen molar-refractivity contribution in [2.24, 2.45) is 0 Å². The van der Waals surface area contributed by atoms with E-state index in [4.69, 9.17) is 0 Å². The average molecular weight is 366 g/mol. The fourth-order valence-electron chi connectivity index (χ4n) is 3.64. The van der Waals surface area contributed by atoms with Crippen molar-refractivity contribution in [3.63, 3.8) is 0 Å². The third-order valence-corrected chi connectivity index (χ3v) is 5.81. The van der Waals surface area contributed by atoms with Crippen molar-refractivity contribution in [2.75, 3.05) is 19.6 Å². The molecule has 0 aliphatic carbocycles. The maximum Gasteiger partial charge on any atom is 0.234 e. The van der Waals surface area contributed by atoms with Gasteiger partial charge in [-0.3, -0.25) is 9.69 Å². The Morgan fingerprint density at radius 3 is 2.77 bits per heavy atom. The maximum absolute atomic E-state index is 12.5. The number of fused-ring (bicyclic) bond motifs is 1. The van der Waals surface area contributed by atoms with Gasteiger partial charge in [-0.15, -0.1) is 11.3 Å². The Morgan fingerprint density at radius 1 is 1.08 bits per heavy atom. The molecule has 3 aromatic rings. The molecule has 134 valence electrons. The number of benzene rings is 1. The molecule has 5 heteroatoms. The Labute approximate surface area is 158 Å². The second-order valence-corrected chi connectivity index (χ2v) is 7.62. The quantitative estimate of drug-likeness (QED) is 0.728. The summed E-state index contributed by atoms with van der Waals surface area (Å²) >= 11 is 1.74. The van der Waals surface area contributed by atoms with Crippen LogP contribution in [0.3, 0.4) is 0 Å². The molecule has 0 spiro atoms. The van der Waals surface area contributed by atoms with Gasteiger partial charge in [0, 0.05) is 36.4 Å². The van der Waals surface area contributed by atoms with Gasteiger partial charge in [0.05, 0.1) is 12.6 Å². The third kappa shape index (κ3) is 3.74. The number of nitrogens with zero attached hydrogens (tertiary/aromatic N) is 2. The second kappa shape index (κ2) is 7.89. The van der Waals surface area contributed by atoms with Crippen LogP contribution < -0.4 is 5.32 Å². The number of amides is 1. The van der Waals surface area contributed by atoms with E-state index in [-0.39, 0.29) is 11.9 Å². The molecule has 1 N–H and O–H groups in total. The molecule has 1 amide bonds. The molecule has 0 unspecified atom stereocenters. The number of aromatic nitrogens is 1. The molecule has 3 heterocycles. The summed E-state index contributed by atoms with van der Waals surface area (Å²) in [5.41, 5.74) is 2.49. The molecule has 4 rings (SSSR count). The van der Waals surface area contributed by atoms with Crippen molar-refractivity contribution < 1.29 is 4.79 Å². The average Bonchev–Trinajstić information content (AvgIpc) is 3.34. The van der Waals surface area contributed by atoms with E-state index in [2.05, 4.69) is 74.9 Å². The number of hydrogen-bond donors (Lipinski definition) is 1. The summed E-state index contributed by atoms with van der Waals surface area (Å²) in [5.74, 6) is 0.0995. The van der Waals surface area contributed by atoms with E-state index in [0.717, 1.165) is 19.5 Å². The molecule has 1 aliphatic heterocycles. The fraction of sp³-hybridized carbons (Fsp3) is 0.286. The van der Waals surface area contributed by atoms with Crippen molar-refractivity contribution >= 4 is 17.2 Å². The minimum atomic E-state index is 0.0995. The summed E-state index contributed by atoms with van der Waals surface area (Å²) in [6.45, 7) is 2.92. The molecule has 0 radical (unpaired) electrons. The molecular formula is C21H23N3OS. The molecule has 0 saturated carbocycles. The normalized spacial score (nSPS) is 17.0. The monoisotopic (exact) mass is 365 g/mol. The molecule has 4 nitrogen and oxygen atoms in total. The van der Waals surface area contributed by atoms with Gasteiger partial charge in [-0.2, -0.15) is 0 Å². The van der Waals surface area contributed by atoms with Gasteiger partial charge in [0.15, 0.2) is 0 Å². The van der Waals surface area contributed by atoms with Crippen LogP contribution in [0.2, 0.25) is 0 Å². The van der Waals surface area contributed by atoms with Crippen LogP contribution in [0.25, 0.3) is 0 Å². The van der Waals surface area contributed by atoms with Gasteiger partial charge >= 0.3 is 0 Å². The largest absolute Gasteiger partial charge is 0.355 e. The van der Waals surface area contributed by atoms with Crippen molar-refractivity contribution in [3.8, 4) is 0 Å². The first kappa shape index (κ1) is 17.1. The van der Waals surface area contributed by atoms with E-state index in [0.29, 0.717) is 13.1 Å². The topological polar surface area (TPSA) is 37.3 Å². The van der Waals surface area contributed by atoms with E-state index in [1.165, 1.54) is 16.1 Å². The van der Waals surface area contributed by atoms with Crippen LogP contribution in [0, 0.1) is 0 Å². The Hall–Kier alpha value is -2.37. The summed E-state index contributed by atoms with van der Waals surface area (Å²) in [7, 11) is 0. The lowest BCUT2D eigenvalue weighted by molar-refractivity contribution is -0.122. The van der Waals surface area contributed by atoms with Gasteiger partial charge in [-0.25, -0.2) is 0 Å². The number of carbonyl (C=O) groups is 1. The maximum atomic E-state index is 12.5. The van der Waals surface area contributed by atoms with Gasteiger partial charge in [-0.05, 0) is 35.6 Å². The van der Waals surface area contributed by atoms with Crippen LogP contribution in [0.4, 0.5) is 0 Å². The van der Waals surface area contributed by atoms with Crippen molar-refractivity contribution in [2.45, 2.75) is 19.0 Å². The van der Waals surface area contributed by atoms with Crippen molar-refractivity contribution in [1.29, 1.82) is 0 Å². The van der Waals surface area contributed by atoms with Gasteiger partial charge < -0.3 is 9.88 Å². The molecule has 1 aliphatic rings. The SMILES string of the molecule is O=C(CN1CCn2cccc2[C@@H]1c1ccccc1)NCCc1cccs1. The molecule has 2 aromatic heterocycles. The van der Waals surface area contributed by atoms with Gasteiger partial charge in [0.2, 0.25) is 5.91 Å². The number of rotatable bonds is 6. The highest BCUT2D eigenvalue weighted by Gasteiger charge is 2.29. The Morgan fingerprint density at radius 2 is 1.96 bits per heavy atom. The highest BCUT2D eigenvalue weighted by Crippen LogP contribution is 2.31. The fourth-order valence-corrected chi connectivity index (χ4v) is 4.35. The van der Waals surface area contributed by atoms with Crippen molar-refractivity contribution in [3.05, 3.63) is 82.3 Å². The summed E-state index contributed by atoms with van der Waals surface area (Å²) < 4.78 is 2.29. The van der Waals surface area contributed by atoms with Crippen LogP contribution in [0.15, 0.2) is 66.2 Å². The zero-order valence-electron chi connectivity index (χ0n) is 14.7. The van der Waals surface area contributed by atoms with E-state index in [1.54, 1.807) is 11.3 Å². The number of carbonyl (C=O) groups excluding carboxylic acids is 1. The van der Waals surface area contributed by atoms with E-state index < -0.39 is 0 Å². The summed E-state index contributed by atoms with van der Waals surface area (Å²) in [4.78, 5) is 16.1. The minimum Gasteiger partial charge on any atom is -0.355 e. The smallest absolute Gasteiger partial charge is 0.234 e. The lowest BCUT2D eigenvalue weighted by Crippen LogP contribution is -2.44. The Balaban J connectivity index is 1.43. The van der Waals surface area contributed by atoms with E-state index >= 15 is 0 Å². The first-order valence-electron chi connectivity index (χ1n) is 9.04. The molecule has 26 heavy (non-hydrogen) atoms. The first-order chi connectivity index (χ1) is 12.8. The molecule has 0 saturated heterocycles. The van der Waals surface area contributed by atoms with Crippen LogP contribution in [-0.4, -0.2) is 35.0 Å². The summed E-state index contributed by atoms with van der Waals surface area (Å²) in [6, 6.07) is 19.0. The first-order valence-corrected chi connectivity index (χ1v) is 9.92. The molecular weight excluding hydrogens is 342 g/mol. The molecule has 0 fully saturated rings. The van der Waals surface area contributed by atoms with Crippen LogP contribution in [-0.2, 0) is 17.8 Å². The molecule has 0 bridgehead atoms. The number of hydrogen-bond acceptors (Lipinski definition) is 3. The summed E-state index contributed by atoms with van der Waals surface area (Å²) in [5, 5.41) is 5.15. The zero-order valence-corrected chi connectivity index (χ0v) is 15.5. The third-order valence-electron chi connectivity index (χ3n) is 4.87. The van der Waals surface area contributed by atoms with Gasteiger partial charge in [0.1, 0.15) is 0 Å². The number of nitrogens with one attached hydrogen (secondary N) is 1. The predicted molar refractivity (Wildman–Crippen MR) is 105 cm³/mol. The van der Waals surface area contributed by atoms with Crippen LogP contribution >= 0.6 is 11.3 Å². The lowest BCUT2D eigenvalue weighted by atomic mass is 10.00. The number of thiophene rings is 1. The molecule has 1 aromatic carbocycles. The Bertz CT molecular complexity index is 841. The van der Waals surface area contributed by atoms with Gasteiger partial charge in [-0.1, -0.05) is 36.4 Å². The van der Waals surface area contributed by atoms with Crippen LogP contribution in [0.5, 0.6) is 0 Å². The van der Waals surface area contributed by atoms with Gasteiger partial charge in [0.25, 0.3) is 0 Å². The molecule has 1 atom stereocenters. The Kier molecular flexibility index (Phi) is 5.18. The van der Waals surface area contributed by atoms with Crippen LogP contribution in [0.1, 0.15) is 22.2 Å². The highest BCUT2D eigenvalue weighted by molar-refractivity contribution is 7.09. The minimum absolute atomic E-state index is 0.0995. The highest BCUT2D eigenvalue weighted by atomic mass is 32.1. The van der Waals surface area contributed by atoms with E-state index in [9.17, 15) is 4.79 Å². The standard InChI is InChI=1S/C21H23N3OS/c25-20(22-11-10-18-8-5-15-26-18)16-24-14-13-23-12-4-9-19(23)21(24)17-6-2-1-3-7-17/h1-9,12,15,21H,10-11,13-14,16H2,(H,22,25)/t21-/m0/s1. The summed E-state index contributed by atoms with van der Waals surface area (Å²) in [6.07, 6.45) is 3.03.